The molecule has 24 heavy (non-hydrogen) atoms. The van der Waals surface area contributed by atoms with Gasteiger partial charge in [-0.05, 0) is 49.5 Å². The Morgan fingerprint density at radius 1 is 1.38 bits per heavy atom. The van der Waals surface area contributed by atoms with Gasteiger partial charge in [0, 0.05) is 18.7 Å². The van der Waals surface area contributed by atoms with Crippen molar-refractivity contribution >= 4 is 15.9 Å². The lowest BCUT2D eigenvalue weighted by atomic mass is 9.81. The molecule has 0 unspecified atom stereocenters. The number of rotatable bonds is 7. The van der Waals surface area contributed by atoms with E-state index >= 15 is 0 Å². The van der Waals surface area contributed by atoms with Gasteiger partial charge < -0.3 is 10.6 Å². The maximum atomic E-state index is 12.4. The van der Waals surface area contributed by atoms with E-state index in [2.05, 4.69) is 28.9 Å². The van der Waals surface area contributed by atoms with E-state index in [1.54, 1.807) is 12.1 Å². The number of amides is 1. The Kier molecular flexibility index (Phi) is 6.15. The van der Waals surface area contributed by atoms with Crippen LogP contribution in [-0.4, -0.2) is 40.5 Å². The molecular formula is C17H25N3O3S. The molecule has 1 aromatic carbocycles. The number of piperidine rings is 1. The smallest absolute Gasteiger partial charge is 0.251 e. The summed E-state index contributed by atoms with van der Waals surface area (Å²) in [4.78, 5) is 12.4. The van der Waals surface area contributed by atoms with Gasteiger partial charge in [-0.3, -0.25) is 4.79 Å². The van der Waals surface area contributed by atoms with Crippen LogP contribution >= 0.6 is 0 Å². The molecule has 3 N–H and O–H groups in total. The second-order valence-corrected chi connectivity index (χ2v) is 8.18. The molecule has 0 radical (unpaired) electrons. The second-order valence-electron chi connectivity index (χ2n) is 6.41. The van der Waals surface area contributed by atoms with E-state index in [1.807, 2.05) is 0 Å². The molecule has 1 aliphatic rings. The van der Waals surface area contributed by atoms with Crippen molar-refractivity contribution in [2.24, 2.45) is 5.41 Å². The Labute approximate surface area is 143 Å². The molecule has 0 aromatic heterocycles. The van der Waals surface area contributed by atoms with Crippen LogP contribution in [-0.2, 0) is 10.0 Å². The molecule has 1 aromatic rings. The van der Waals surface area contributed by atoms with Gasteiger partial charge in [-0.25, -0.2) is 13.1 Å². The fourth-order valence-electron chi connectivity index (χ4n) is 2.66. The Morgan fingerprint density at radius 2 is 2.08 bits per heavy atom. The van der Waals surface area contributed by atoms with Crippen molar-refractivity contribution in [1.29, 1.82) is 0 Å². The number of carbonyl (C=O) groups excluding carboxylic acids is 1. The van der Waals surface area contributed by atoms with Crippen LogP contribution in [0.3, 0.4) is 0 Å². The molecule has 2 rings (SSSR count). The second kappa shape index (κ2) is 7.92. The van der Waals surface area contributed by atoms with Gasteiger partial charge in [0.25, 0.3) is 5.91 Å². The lowest BCUT2D eigenvalue weighted by Gasteiger charge is -2.34. The first kappa shape index (κ1) is 18.6. The molecular weight excluding hydrogens is 326 g/mol. The average molecular weight is 351 g/mol. The summed E-state index contributed by atoms with van der Waals surface area (Å²) in [6.45, 7) is 8.28. The summed E-state index contributed by atoms with van der Waals surface area (Å²) >= 11 is 0. The molecule has 1 aliphatic heterocycles. The number of hydrogen-bond acceptors (Lipinski definition) is 4. The maximum absolute atomic E-state index is 12.4. The molecule has 7 heteroatoms. The van der Waals surface area contributed by atoms with Crippen LogP contribution in [0.2, 0.25) is 0 Å². The van der Waals surface area contributed by atoms with Gasteiger partial charge in [-0.2, -0.15) is 0 Å². The number of benzene rings is 1. The summed E-state index contributed by atoms with van der Waals surface area (Å²) < 4.78 is 26.6. The Hall–Kier alpha value is -1.70. The minimum Gasteiger partial charge on any atom is -0.351 e. The highest BCUT2D eigenvalue weighted by Gasteiger charge is 2.27. The van der Waals surface area contributed by atoms with E-state index in [9.17, 15) is 13.2 Å². The molecule has 1 fully saturated rings. The zero-order valence-corrected chi connectivity index (χ0v) is 14.8. The first-order valence-corrected chi connectivity index (χ1v) is 9.54. The molecule has 1 saturated heterocycles. The summed E-state index contributed by atoms with van der Waals surface area (Å²) in [5.41, 5.74) is 0.421. The Morgan fingerprint density at radius 3 is 2.75 bits per heavy atom. The zero-order valence-electron chi connectivity index (χ0n) is 14.0. The van der Waals surface area contributed by atoms with Crippen LogP contribution in [0.15, 0.2) is 41.8 Å². The van der Waals surface area contributed by atoms with E-state index < -0.39 is 10.0 Å². The van der Waals surface area contributed by atoms with Gasteiger partial charge in [0.05, 0.1) is 4.90 Å². The van der Waals surface area contributed by atoms with Crippen molar-refractivity contribution in [3.05, 3.63) is 42.5 Å². The summed E-state index contributed by atoms with van der Waals surface area (Å²) in [6, 6.07) is 6.05. The Balaban J connectivity index is 2.05. The number of carbonyl (C=O) groups is 1. The van der Waals surface area contributed by atoms with Gasteiger partial charge in [0.1, 0.15) is 0 Å². The third-order valence-electron chi connectivity index (χ3n) is 4.31. The molecule has 1 heterocycles. The monoisotopic (exact) mass is 351 g/mol. The van der Waals surface area contributed by atoms with Gasteiger partial charge in [-0.15, -0.1) is 6.58 Å². The van der Waals surface area contributed by atoms with Crippen molar-refractivity contribution in [3.8, 4) is 0 Å². The fourth-order valence-corrected chi connectivity index (χ4v) is 3.70. The predicted molar refractivity (Wildman–Crippen MR) is 94.4 cm³/mol. The summed E-state index contributed by atoms with van der Waals surface area (Å²) in [5.74, 6) is -0.254. The highest BCUT2D eigenvalue weighted by molar-refractivity contribution is 7.89. The molecule has 1 amide bonds. The van der Waals surface area contributed by atoms with E-state index in [0.717, 1.165) is 25.9 Å². The minimum absolute atomic E-state index is 0.0741. The standard InChI is InChI=1S/C17H25N3O3S/c1-3-9-20-24(22,23)15-6-4-5-14(12-15)16(21)19-13-17(2)7-10-18-11-8-17/h3-6,12,18,20H,1,7-11,13H2,2H3,(H,19,21). The summed E-state index contributed by atoms with van der Waals surface area (Å²) in [6.07, 6.45) is 3.48. The fraction of sp³-hybridized carbons (Fsp3) is 0.471. The van der Waals surface area contributed by atoms with Gasteiger partial charge in [0.15, 0.2) is 0 Å². The third kappa shape index (κ3) is 4.90. The van der Waals surface area contributed by atoms with Crippen LogP contribution < -0.4 is 15.4 Å². The molecule has 6 nitrogen and oxygen atoms in total. The van der Waals surface area contributed by atoms with Crippen molar-refractivity contribution < 1.29 is 13.2 Å². The molecule has 0 saturated carbocycles. The average Bonchev–Trinajstić information content (AvgIpc) is 2.59. The van der Waals surface area contributed by atoms with Crippen molar-refractivity contribution in [2.75, 3.05) is 26.2 Å². The highest BCUT2D eigenvalue weighted by atomic mass is 32.2. The quantitative estimate of drug-likeness (QED) is 0.646. The first-order chi connectivity index (χ1) is 11.4. The largest absolute Gasteiger partial charge is 0.351 e. The van der Waals surface area contributed by atoms with Crippen LogP contribution in [0.5, 0.6) is 0 Å². The number of hydrogen-bond donors (Lipinski definition) is 3. The highest BCUT2D eigenvalue weighted by Crippen LogP contribution is 2.26. The van der Waals surface area contributed by atoms with Crippen molar-refractivity contribution in [1.82, 2.24) is 15.4 Å². The molecule has 0 bridgehead atoms. The molecule has 0 atom stereocenters. The van der Waals surface area contributed by atoms with E-state index in [4.69, 9.17) is 0 Å². The normalized spacial score (nSPS) is 17.2. The van der Waals surface area contributed by atoms with Crippen LogP contribution in [0, 0.1) is 5.41 Å². The number of sulfonamides is 1. The van der Waals surface area contributed by atoms with E-state index in [0.29, 0.717) is 12.1 Å². The lowest BCUT2D eigenvalue weighted by Crippen LogP contribution is -2.42. The van der Waals surface area contributed by atoms with E-state index in [-0.39, 0.29) is 22.8 Å². The SMILES string of the molecule is C=CCNS(=O)(=O)c1cccc(C(=O)NCC2(C)CCNCC2)c1. The van der Waals surface area contributed by atoms with Crippen LogP contribution in [0.4, 0.5) is 0 Å². The van der Waals surface area contributed by atoms with E-state index in [1.165, 1.54) is 18.2 Å². The minimum atomic E-state index is -3.64. The maximum Gasteiger partial charge on any atom is 0.251 e. The van der Waals surface area contributed by atoms with Crippen LogP contribution in [0.1, 0.15) is 30.1 Å². The van der Waals surface area contributed by atoms with Gasteiger partial charge >= 0.3 is 0 Å². The lowest BCUT2D eigenvalue weighted by molar-refractivity contribution is 0.0922. The Bertz CT molecular complexity index is 695. The van der Waals surface area contributed by atoms with Gasteiger partial charge in [0.2, 0.25) is 10.0 Å². The summed E-state index contributed by atoms with van der Waals surface area (Å²) in [7, 11) is -3.64. The van der Waals surface area contributed by atoms with Gasteiger partial charge in [-0.1, -0.05) is 19.1 Å². The van der Waals surface area contributed by atoms with Crippen molar-refractivity contribution in [2.45, 2.75) is 24.7 Å². The summed E-state index contributed by atoms with van der Waals surface area (Å²) in [5, 5.41) is 6.24. The molecule has 0 aliphatic carbocycles. The third-order valence-corrected chi connectivity index (χ3v) is 5.73. The number of nitrogens with one attached hydrogen (secondary N) is 3. The predicted octanol–water partition coefficient (Wildman–Crippen LogP) is 1.27. The topological polar surface area (TPSA) is 87.3 Å². The molecule has 132 valence electrons. The molecule has 0 spiro atoms. The van der Waals surface area contributed by atoms with Crippen molar-refractivity contribution in [3.63, 3.8) is 0 Å². The zero-order chi connectivity index (χ0) is 17.6. The first-order valence-electron chi connectivity index (χ1n) is 8.06. The van der Waals surface area contributed by atoms with Crippen LogP contribution in [0.25, 0.3) is 0 Å².